The number of hydrogen-bond donors (Lipinski definition) is 3. The Bertz CT molecular complexity index is 2870. The smallest absolute Gasteiger partial charge is 0.329 e. The van der Waals surface area contributed by atoms with Crippen LogP contribution in [0.25, 0.3) is 22.0 Å². The van der Waals surface area contributed by atoms with Gasteiger partial charge in [-0.3, -0.25) is 29.3 Å². The summed E-state index contributed by atoms with van der Waals surface area (Å²) in [5, 5.41) is 11.8. The third kappa shape index (κ3) is 9.02. The molecular weight excluding hydrogens is 907 g/mol. The number of fused-ring (bicyclic) bond motifs is 2. The zero-order chi connectivity index (χ0) is 49.7. The number of ether oxygens (including phenoxy) is 2. The molecule has 374 valence electrons. The minimum atomic E-state index is -1.01. The van der Waals surface area contributed by atoms with Crippen LogP contribution < -0.4 is 30.7 Å². The predicted octanol–water partition coefficient (Wildman–Crippen LogP) is 8.04. The molecule has 2 atom stereocenters. The van der Waals surface area contributed by atoms with Gasteiger partial charge in [-0.15, -0.1) is 0 Å². The molecule has 0 radical (unpaired) electrons. The summed E-state index contributed by atoms with van der Waals surface area (Å²) in [5.41, 5.74) is 8.74. The van der Waals surface area contributed by atoms with Crippen LogP contribution in [0.15, 0.2) is 66.7 Å². The Morgan fingerprint density at radius 3 is 2.34 bits per heavy atom. The summed E-state index contributed by atoms with van der Waals surface area (Å²) in [7, 11) is 3.23. The number of aryl methyl sites for hydroxylation is 1. The standard InChI is InChI=1S/C55H64F2N8O6/c1-32-42(56)29-45-48(47(32)49-41(51(58)67)16-17-44(70-4)50(49)57)33(2)55(71-45,38-8-6-5-7-9-38)31-59-39-13-10-36(11-14-39)53(68)64-25-18-34(19-26-64)30-63-23-20-35(21-24-63)37-12-15-40-43(28-37)62(3)61-52(40)65-27-22-46(66)60-54(65)69/h5-9,12,15-17,28-29,33-36,39,59H,10-11,13-14,18-27,30-31H2,1-4H3,(H2,58,67)(H,60,66,69)/t33?,36?,39?,55-/m0/s1. The number of nitrogens with two attached hydrogens (primary N) is 1. The van der Waals surface area contributed by atoms with Crippen LogP contribution in [0.5, 0.6) is 11.5 Å². The Morgan fingerprint density at radius 2 is 1.65 bits per heavy atom. The van der Waals surface area contributed by atoms with Crippen molar-refractivity contribution in [2.75, 3.05) is 57.8 Å². The van der Waals surface area contributed by atoms with Crippen molar-refractivity contribution in [1.82, 2.24) is 30.2 Å². The van der Waals surface area contributed by atoms with Gasteiger partial charge < -0.3 is 30.3 Å². The number of imide groups is 1. The van der Waals surface area contributed by atoms with Crippen LogP contribution in [0.4, 0.5) is 19.4 Å². The highest BCUT2D eigenvalue weighted by Crippen LogP contribution is 2.56. The van der Waals surface area contributed by atoms with Crippen molar-refractivity contribution in [1.29, 1.82) is 0 Å². The highest BCUT2D eigenvalue weighted by molar-refractivity contribution is 6.09. The van der Waals surface area contributed by atoms with E-state index in [4.69, 9.17) is 15.2 Å². The second-order valence-corrected chi connectivity index (χ2v) is 20.5. The van der Waals surface area contributed by atoms with Crippen molar-refractivity contribution < 1.29 is 37.4 Å². The molecular formula is C55H64F2N8O6. The number of rotatable bonds is 12. The van der Waals surface area contributed by atoms with Crippen LogP contribution in [-0.2, 0) is 22.2 Å². The van der Waals surface area contributed by atoms with E-state index in [2.05, 4.69) is 43.7 Å². The molecule has 1 saturated carbocycles. The first-order valence-electron chi connectivity index (χ1n) is 25.3. The zero-order valence-corrected chi connectivity index (χ0v) is 41.1. The Labute approximate surface area is 413 Å². The molecule has 0 bridgehead atoms. The average Bonchev–Trinajstić information content (AvgIpc) is 3.86. The number of nitrogens with zero attached hydrogens (tertiary/aromatic N) is 5. The third-order valence-electron chi connectivity index (χ3n) is 16.5. The fourth-order valence-electron chi connectivity index (χ4n) is 12.3. The van der Waals surface area contributed by atoms with Crippen LogP contribution in [0.1, 0.15) is 109 Å². The van der Waals surface area contributed by atoms with E-state index in [1.807, 2.05) is 49.0 Å². The molecule has 0 spiro atoms. The van der Waals surface area contributed by atoms with Crippen LogP contribution in [0, 0.1) is 30.4 Å². The maximum absolute atomic E-state index is 16.3. The molecule has 4 fully saturated rings. The summed E-state index contributed by atoms with van der Waals surface area (Å²) in [6, 6.07) is 20.0. The summed E-state index contributed by atoms with van der Waals surface area (Å²) in [6.45, 7) is 8.96. The molecule has 16 heteroatoms. The van der Waals surface area contributed by atoms with Crippen molar-refractivity contribution in [3.05, 3.63) is 106 Å². The van der Waals surface area contributed by atoms with E-state index < -0.39 is 35.1 Å². The van der Waals surface area contributed by atoms with Gasteiger partial charge in [0, 0.05) is 86.6 Å². The fourth-order valence-corrected chi connectivity index (χ4v) is 12.3. The summed E-state index contributed by atoms with van der Waals surface area (Å²) < 4.78 is 46.2. The summed E-state index contributed by atoms with van der Waals surface area (Å²) in [6.07, 6.45) is 7.62. The van der Waals surface area contributed by atoms with Crippen LogP contribution in [-0.4, -0.2) is 102 Å². The van der Waals surface area contributed by atoms with Crippen LogP contribution in [0.2, 0.25) is 0 Å². The number of methoxy groups -OCH3 is 1. The molecule has 4 N–H and O–H groups in total. The minimum Gasteiger partial charge on any atom is -0.494 e. The topological polar surface area (TPSA) is 164 Å². The lowest BCUT2D eigenvalue weighted by molar-refractivity contribution is -0.138. The van der Waals surface area contributed by atoms with E-state index in [9.17, 15) is 19.2 Å². The molecule has 5 aliphatic rings. The molecule has 71 heavy (non-hydrogen) atoms. The van der Waals surface area contributed by atoms with E-state index >= 15 is 8.78 Å². The van der Waals surface area contributed by atoms with Crippen molar-refractivity contribution in [2.45, 2.75) is 95.1 Å². The molecule has 1 unspecified atom stereocenters. The molecule has 4 aliphatic heterocycles. The van der Waals surface area contributed by atoms with Gasteiger partial charge in [0.25, 0.3) is 0 Å². The van der Waals surface area contributed by atoms with E-state index in [1.165, 1.54) is 30.9 Å². The molecule has 1 aliphatic carbocycles. The Morgan fingerprint density at radius 1 is 0.915 bits per heavy atom. The van der Waals surface area contributed by atoms with Gasteiger partial charge in [0.15, 0.2) is 23.0 Å². The van der Waals surface area contributed by atoms with Gasteiger partial charge in [-0.1, -0.05) is 43.3 Å². The summed E-state index contributed by atoms with van der Waals surface area (Å²) >= 11 is 0. The number of benzene rings is 4. The number of carbonyl (C=O) groups is 4. The third-order valence-corrected chi connectivity index (χ3v) is 16.5. The number of halogens is 2. The summed E-state index contributed by atoms with van der Waals surface area (Å²) in [5.74, 6) is -0.896. The van der Waals surface area contributed by atoms with Gasteiger partial charge in [0.05, 0.1) is 18.2 Å². The monoisotopic (exact) mass is 970 g/mol. The summed E-state index contributed by atoms with van der Waals surface area (Å²) in [4.78, 5) is 57.3. The maximum Gasteiger partial charge on any atom is 0.329 e. The first-order chi connectivity index (χ1) is 34.2. The van der Waals surface area contributed by atoms with Crippen LogP contribution >= 0.6 is 0 Å². The predicted molar refractivity (Wildman–Crippen MR) is 266 cm³/mol. The van der Waals surface area contributed by atoms with Gasteiger partial charge in [-0.2, -0.15) is 5.10 Å². The van der Waals surface area contributed by atoms with Gasteiger partial charge in [-0.05, 0) is 130 Å². The molecule has 10 rings (SSSR count). The van der Waals surface area contributed by atoms with Gasteiger partial charge in [-0.25, -0.2) is 13.6 Å². The van der Waals surface area contributed by atoms with Crippen molar-refractivity contribution in [3.63, 3.8) is 0 Å². The van der Waals surface area contributed by atoms with E-state index in [0.29, 0.717) is 36.3 Å². The number of amides is 5. The molecule has 1 aromatic heterocycles. The second kappa shape index (κ2) is 19.7. The maximum atomic E-state index is 16.3. The van der Waals surface area contributed by atoms with Crippen molar-refractivity contribution in [3.8, 4) is 22.6 Å². The lowest BCUT2D eigenvalue weighted by Crippen LogP contribution is -2.49. The Balaban J connectivity index is 0.726. The van der Waals surface area contributed by atoms with Crippen molar-refractivity contribution >= 4 is 40.5 Å². The molecule has 3 saturated heterocycles. The number of aromatic nitrogens is 2. The number of primary amides is 1. The minimum absolute atomic E-state index is 0.0181. The highest BCUT2D eigenvalue weighted by atomic mass is 19.1. The van der Waals surface area contributed by atoms with Gasteiger partial charge >= 0.3 is 6.03 Å². The fraction of sp³-hybridized carbons (Fsp3) is 0.473. The normalized spacial score (nSPS) is 23.4. The number of carbonyl (C=O) groups excluding carboxylic acids is 4. The molecule has 14 nitrogen and oxygen atoms in total. The first-order valence-corrected chi connectivity index (χ1v) is 25.3. The average molecular weight is 971 g/mol. The first kappa shape index (κ1) is 48.2. The number of nitrogens with one attached hydrogen (secondary N) is 2. The largest absolute Gasteiger partial charge is 0.494 e. The SMILES string of the molecule is COc1ccc(C(N)=O)c(-c2c(C)c(F)cc3c2C(C)[C@@](CNC2CCC(C(=O)N4CCC(CN5CCC(c6ccc7c(N8CCC(=O)NC8=O)nn(C)c7c6)CC5)CC4)CC2)(c2ccccc2)O3)c1F. The molecule has 4 aromatic carbocycles. The number of hydrogen-bond acceptors (Lipinski definition) is 9. The van der Waals surface area contributed by atoms with Gasteiger partial charge in [0.2, 0.25) is 17.7 Å². The number of urea groups is 1. The Kier molecular flexibility index (Phi) is 13.4. The number of anilines is 1. The second-order valence-electron chi connectivity index (χ2n) is 20.5. The lowest BCUT2D eigenvalue weighted by atomic mass is 9.76. The zero-order valence-electron chi connectivity index (χ0n) is 41.1. The van der Waals surface area contributed by atoms with Crippen LogP contribution in [0.3, 0.4) is 0 Å². The molecule has 5 aromatic rings. The van der Waals surface area contributed by atoms with Crippen molar-refractivity contribution in [2.24, 2.45) is 24.6 Å². The highest BCUT2D eigenvalue weighted by Gasteiger charge is 2.50. The van der Waals surface area contributed by atoms with Gasteiger partial charge in [0.1, 0.15) is 11.6 Å². The lowest BCUT2D eigenvalue weighted by Gasteiger charge is -2.40. The van der Waals surface area contributed by atoms with E-state index in [-0.39, 0.29) is 63.9 Å². The number of piperidine rings is 2. The number of likely N-dealkylation sites (tertiary alicyclic amines) is 2. The van der Waals surface area contributed by atoms with E-state index in [0.717, 1.165) is 101 Å². The Hall–Kier alpha value is -6.39. The van der Waals surface area contributed by atoms with E-state index in [1.54, 1.807) is 11.8 Å². The quantitative estimate of drug-likeness (QED) is 0.112. The molecule has 5 amide bonds. The molecule has 5 heterocycles.